The van der Waals surface area contributed by atoms with Gasteiger partial charge in [-0.05, 0) is 32.0 Å². The smallest absolute Gasteiger partial charge is 0.338 e. The molecule has 0 aliphatic rings. The second-order valence-electron chi connectivity index (χ2n) is 2.98. The van der Waals surface area contributed by atoms with Gasteiger partial charge in [-0.3, -0.25) is 5.11 Å². The molecule has 0 aromatic heterocycles. The van der Waals surface area contributed by atoms with Gasteiger partial charge in [0.05, 0.1) is 11.7 Å². The van der Waals surface area contributed by atoms with E-state index in [1.54, 1.807) is 26.0 Å². The fourth-order valence-corrected chi connectivity index (χ4v) is 0.905. The minimum Gasteiger partial charge on any atom is -0.459 e. The highest BCUT2D eigenvalue weighted by atomic mass is 16.5. The molecule has 0 atom stereocenters. The van der Waals surface area contributed by atoms with Crippen LogP contribution in [0.2, 0.25) is 0 Å². The summed E-state index contributed by atoms with van der Waals surface area (Å²) < 4.78 is 4.91. The number of carbonyl (C=O) groups is 1. The van der Waals surface area contributed by atoms with Crippen LogP contribution in [0.3, 0.4) is 0 Å². The quantitative estimate of drug-likeness (QED) is 0.654. The van der Waals surface area contributed by atoms with Gasteiger partial charge in [-0.25, -0.2) is 4.79 Å². The lowest BCUT2D eigenvalue weighted by Gasteiger charge is -2.07. The van der Waals surface area contributed by atoms with Gasteiger partial charge in [0, 0.05) is 0 Å². The molecule has 0 saturated carbocycles. The first-order valence-corrected chi connectivity index (χ1v) is 4.07. The first-order chi connectivity index (χ1) is 6.09. The Balaban J connectivity index is 2.77. The molecule has 0 spiro atoms. The van der Waals surface area contributed by atoms with E-state index in [1.165, 1.54) is 12.1 Å². The monoisotopic (exact) mass is 179 g/mol. The summed E-state index contributed by atoms with van der Waals surface area (Å²) in [6.45, 7) is 3.53. The number of carbonyl (C=O) groups excluding carboxylic acids is 1. The van der Waals surface area contributed by atoms with Crippen LogP contribution < -0.4 is 0 Å². The molecule has 3 nitrogen and oxygen atoms in total. The summed E-state index contributed by atoms with van der Waals surface area (Å²) in [5.74, 6) is -0.633. The average molecular weight is 179 g/mol. The molecule has 1 rings (SSSR count). The zero-order valence-corrected chi connectivity index (χ0v) is 7.61. The number of esters is 1. The van der Waals surface area contributed by atoms with E-state index in [-0.39, 0.29) is 11.9 Å². The Bertz CT molecular complexity index is 305. The summed E-state index contributed by atoms with van der Waals surface area (Å²) in [6, 6.07) is 5.77. The van der Waals surface area contributed by atoms with Crippen LogP contribution in [0.1, 0.15) is 24.2 Å². The molecule has 0 aliphatic heterocycles. The predicted octanol–water partition coefficient (Wildman–Crippen LogP) is 2.40. The summed E-state index contributed by atoms with van der Waals surface area (Å²) in [5, 5.41) is 10.9. The third-order valence-electron chi connectivity index (χ3n) is 1.41. The van der Waals surface area contributed by atoms with Crippen molar-refractivity contribution in [1.29, 1.82) is 0 Å². The van der Waals surface area contributed by atoms with Crippen molar-refractivity contribution in [3.63, 3.8) is 0 Å². The van der Waals surface area contributed by atoms with Crippen LogP contribution >= 0.6 is 0 Å². The molecule has 0 unspecified atom stereocenters. The molecule has 0 fully saturated rings. The van der Waals surface area contributed by atoms with Gasteiger partial charge < -0.3 is 4.74 Å². The summed E-state index contributed by atoms with van der Waals surface area (Å²) in [5.41, 5.74) is 0.307. The molecule has 1 aromatic rings. The van der Waals surface area contributed by atoms with Crippen LogP contribution in [0.25, 0.3) is 0 Å². The number of rotatable bonds is 2. The van der Waals surface area contributed by atoms with Crippen molar-refractivity contribution < 1.29 is 14.6 Å². The molecule has 1 aromatic carbocycles. The summed E-state index contributed by atoms with van der Waals surface area (Å²) in [6.07, 6.45) is -0.164. The normalized spacial score (nSPS) is 10.1. The Morgan fingerprint density at radius 3 is 2.62 bits per heavy atom. The van der Waals surface area contributed by atoms with Crippen molar-refractivity contribution in [2.45, 2.75) is 20.0 Å². The van der Waals surface area contributed by atoms with Crippen molar-refractivity contribution >= 4 is 5.97 Å². The maximum Gasteiger partial charge on any atom is 0.338 e. The number of ether oxygens (including phenoxy) is 1. The van der Waals surface area contributed by atoms with Crippen molar-refractivity contribution in [3.8, 4) is 5.75 Å². The number of benzene rings is 1. The van der Waals surface area contributed by atoms with Gasteiger partial charge in [-0.2, -0.15) is 0 Å². The zero-order chi connectivity index (χ0) is 9.84. The van der Waals surface area contributed by atoms with Crippen LogP contribution in [-0.2, 0) is 9.84 Å². The Labute approximate surface area is 77.0 Å². The first kappa shape index (κ1) is 9.58. The first-order valence-electron chi connectivity index (χ1n) is 4.07. The maximum absolute atomic E-state index is 11.2. The fourth-order valence-electron chi connectivity index (χ4n) is 0.905. The SMILES string of the molecule is CC(C)OC(=O)c1cccc([O])c1. The van der Waals surface area contributed by atoms with Crippen LogP contribution in [0, 0.1) is 0 Å². The Morgan fingerprint density at radius 1 is 1.38 bits per heavy atom. The average Bonchev–Trinajstić information content (AvgIpc) is 2.03. The van der Waals surface area contributed by atoms with Gasteiger partial charge in [0.15, 0.2) is 5.75 Å². The molecule has 0 aliphatic carbocycles. The van der Waals surface area contributed by atoms with Crippen molar-refractivity contribution in [2.75, 3.05) is 0 Å². The highest BCUT2D eigenvalue weighted by molar-refractivity contribution is 5.89. The Kier molecular flexibility index (Phi) is 2.90. The molecule has 0 saturated heterocycles. The molecule has 0 bridgehead atoms. The van der Waals surface area contributed by atoms with Crippen molar-refractivity contribution in [1.82, 2.24) is 0 Å². The second-order valence-corrected chi connectivity index (χ2v) is 2.98. The van der Waals surface area contributed by atoms with Gasteiger partial charge in [0.25, 0.3) is 0 Å². The third-order valence-corrected chi connectivity index (χ3v) is 1.41. The lowest BCUT2D eigenvalue weighted by Crippen LogP contribution is -2.11. The van der Waals surface area contributed by atoms with Gasteiger partial charge in [-0.1, -0.05) is 6.07 Å². The summed E-state index contributed by atoms with van der Waals surface area (Å²) in [7, 11) is 0. The molecule has 1 radical (unpaired) electrons. The molecule has 69 valence electrons. The molecule has 3 heteroatoms. The van der Waals surface area contributed by atoms with Gasteiger partial charge in [-0.15, -0.1) is 0 Å². The maximum atomic E-state index is 11.2. The standard InChI is InChI=1S/C10H11O3/c1-7(2)13-10(12)8-4-3-5-9(11)6-8/h3-7H,1-2H3. The molecule has 0 N–H and O–H groups in total. The highest BCUT2D eigenvalue weighted by Crippen LogP contribution is 2.13. The van der Waals surface area contributed by atoms with E-state index in [0.29, 0.717) is 5.56 Å². The number of hydrogen-bond donors (Lipinski definition) is 0. The zero-order valence-electron chi connectivity index (χ0n) is 7.61. The summed E-state index contributed by atoms with van der Waals surface area (Å²) in [4.78, 5) is 11.2. The van der Waals surface area contributed by atoms with E-state index in [4.69, 9.17) is 4.74 Å². The van der Waals surface area contributed by atoms with Crippen LogP contribution in [0.5, 0.6) is 5.75 Å². The molecule has 0 heterocycles. The third kappa shape index (κ3) is 2.78. The van der Waals surface area contributed by atoms with E-state index in [1.807, 2.05) is 0 Å². The van der Waals surface area contributed by atoms with Crippen molar-refractivity contribution in [3.05, 3.63) is 29.8 Å². The second kappa shape index (κ2) is 3.94. The topological polar surface area (TPSA) is 46.2 Å². The highest BCUT2D eigenvalue weighted by Gasteiger charge is 2.09. The molecular formula is C10H11O3. The fraction of sp³-hybridized carbons (Fsp3) is 0.300. The van der Waals surface area contributed by atoms with E-state index >= 15 is 0 Å². The van der Waals surface area contributed by atoms with E-state index in [9.17, 15) is 9.90 Å². The van der Waals surface area contributed by atoms with Crippen LogP contribution in [0.4, 0.5) is 0 Å². The summed E-state index contributed by atoms with van der Waals surface area (Å²) >= 11 is 0. The lowest BCUT2D eigenvalue weighted by atomic mass is 10.2. The van der Waals surface area contributed by atoms with Gasteiger partial charge >= 0.3 is 5.97 Å². The minimum absolute atomic E-state index is 0.164. The Hall–Kier alpha value is -1.51. The van der Waals surface area contributed by atoms with E-state index in [2.05, 4.69) is 0 Å². The minimum atomic E-state index is -0.451. The molecule has 13 heavy (non-hydrogen) atoms. The van der Waals surface area contributed by atoms with Gasteiger partial charge in [0.1, 0.15) is 0 Å². The number of hydrogen-bond acceptors (Lipinski definition) is 2. The lowest BCUT2D eigenvalue weighted by molar-refractivity contribution is 0.0377. The van der Waals surface area contributed by atoms with E-state index in [0.717, 1.165) is 0 Å². The van der Waals surface area contributed by atoms with Gasteiger partial charge in [0.2, 0.25) is 0 Å². The molecular weight excluding hydrogens is 168 g/mol. The van der Waals surface area contributed by atoms with Crippen molar-refractivity contribution in [2.24, 2.45) is 0 Å². The van der Waals surface area contributed by atoms with E-state index < -0.39 is 5.97 Å². The largest absolute Gasteiger partial charge is 0.459 e. The van der Waals surface area contributed by atoms with Crippen LogP contribution in [0.15, 0.2) is 24.3 Å². The molecule has 0 amide bonds. The van der Waals surface area contributed by atoms with Crippen LogP contribution in [-0.4, -0.2) is 12.1 Å². The predicted molar refractivity (Wildman–Crippen MR) is 47.1 cm³/mol. The Morgan fingerprint density at radius 2 is 2.08 bits per heavy atom.